The van der Waals surface area contributed by atoms with Gasteiger partial charge in [0.05, 0.1) is 5.92 Å². The number of hydrogen-bond acceptors (Lipinski definition) is 6. The molecule has 0 bridgehead atoms. The zero-order valence-corrected chi connectivity index (χ0v) is 15.4. The first-order valence-corrected chi connectivity index (χ1v) is 8.30. The van der Waals surface area contributed by atoms with Gasteiger partial charge in [0.25, 0.3) is 0 Å². The number of alkyl carbamates (subject to hydrolysis) is 1. The summed E-state index contributed by atoms with van der Waals surface area (Å²) in [5.41, 5.74) is 4.53. The zero-order valence-electron chi connectivity index (χ0n) is 15.4. The smallest absolute Gasteiger partial charge is 0.407 e. The SMILES string of the molecule is CCCN(CCC)OC(=O)C(CNC(=O)OC(C)(C)C)CC(N)=O. The molecule has 0 heterocycles. The monoisotopic (exact) mass is 345 g/mol. The Balaban J connectivity index is 4.71. The van der Waals surface area contributed by atoms with Gasteiger partial charge in [-0.15, -0.1) is 5.06 Å². The lowest BCUT2D eigenvalue weighted by Crippen LogP contribution is -2.41. The standard InChI is InChI=1S/C16H31N3O5/c1-6-8-19(9-7-2)24-14(21)12(10-13(17)20)11-18-15(22)23-16(3,4)5/h12H,6-11H2,1-5H3,(H2,17,20)(H,18,22). The van der Waals surface area contributed by atoms with E-state index in [2.05, 4.69) is 5.32 Å². The summed E-state index contributed by atoms with van der Waals surface area (Å²) in [6, 6.07) is 0. The number of hydrogen-bond donors (Lipinski definition) is 2. The topological polar surface area (TPSA) is 111 Å². The third-order valence-corrected chi connectivity index (χ3v) is 2.84. The lowest BCUT2D eigenvalue weighted by molar-refractivity contribution is -0.196. The summed E-state index contributed by atoms with van der Waals surface area (Å²) in [6.45, 7) is 10.3. The molecule has 0 aromatic heterocycles. The average molecular weight is 345 g/mol. The van der Waals surface area contributed by atoms with E-state index in [9.17, 15) is 14.4 Å². The molecule has 0 aliphatic heterocycles. The third-order valence-electron chi connectivity index (χ3n) is 2.84. The van der Waals surface area contributed by atoms with Gasteiger partial charge in [-0.1, -0.05) is 13.8 Å². The highest BCUT2D eigenvalue weighted by molar-refractivity contribution is 5.82. The highest BCUT2D eigenvalue weighted by atomic mass is 16.7. The average Bonchev–Trinajstić information content (AvgIpc) is 2.41. The molecule has 8 heteroatoms. The molecule has 1 unspecified atom stereocenters. The Morgan fingerprint density at radius 1 is 1.12 bits per heavy atom. The maximum Gasteiger partial charge on any atom is 0.407 e. The Labute approximate surface area is 144 Å². The molecular weight excluding hydrogens is 314 g/mol. The van der Waals surface area contributed by atoms with Crippen LogP contribution in [-0.2, 0) is 19.2 Å². The summed E-state index contributed by atoms with van der Waals surface area (Å²) in [6.07, 6.45) is 0.776. The van der Waals surface area contributed by atoms with Crippen LogP contribution in [0.2, 0.25) is 0 Å². The normalized spacial score (nSPS) is 12.6. The number of nitrogens with zero attached hydrogens (tertiary/aromatic N) is 1. The molecule has 0 aromatic carbocycles. The number of carbonyl (C=O) groups is 3. The number of amides is 2. The number of nitrogens with two attached hydrogens (primary N) is 1. The van der Waals surface area contributed by atoms with E-state index >= 15 is 0 Å². The second-order valence-corrected chi connectivity index (χ2v) is 6.59. The largest absolute Gasteiger partial charge is 0.444 e. The second-order valence-electron chi connectivity index (χ2n) is 6.59. The molecule has 0 rings (SSSR count). The molecule has 0 fully saturated rings. The van der Waals surface area contributed by atoms with Crippen molar-refractivity contribution in [3.63, 3.8) is 0 Å². The molecule has 0 saturated carbocycles. The summed E-state index contributed by atoms with van der Waals surface area (Å²) in [5, 5.41) is 4.03. The van der Waals surface area contributed by atoms with Crippen molar-refractivity contribution in [2.75, 3.05) is 19.6 Å². The van der Waals surface area contributed by atoms with E-state index < -0.39 is 29.5 Å². The summed E-state index contributed by atoms with van der Waals surface area (Å²) in [7, 11) is 0. The summed E-state index contributed by atoms with van der Waals surface area (Å²) in [5.74, 6) is -2.08. The quantitative estimate of drug-likeness (QED) is 0.582. The Morgan fingerprint density at radius 2 is 1.67 bits per heavy atom. The minimum absolute atomic E-state index is 0.0806. The minimum Gasteiger partial charge on any atom is -0.444 e. The fraction of sp³-hybridized carbons (Fsp3) is 0.812. The minimum atomic E-state index is -0.855. The van der Waals surface area contributed by atoms with Crippen LogP contribution >= 0.6 is 0 Å². The van der Waals surface area contributed by atoms with Gasteiger partial charge >= 0.3 is 12.1 Å². The van der Waals surface area contributed by atoms with Crippen molar-refractivity contribution in [3.05, 3.63) is 0 Å². The van der Waals surface area contributed by atoms with Gasteiger partial charge in [0.2, 0.25) is 5.91 Å². The van der Waals surface area contributed by atoms with E-state index in [0.29, 0.717) is 13.1 Å². The summed E-state index contributed by atoms with van der Waals surface area (Å²) < 4.78 is 5.10. The Kier molecular flexibility index (Phi) is 10.0. The van der Waals surface area contributed by atoms with Crippen molar-refractivity contribution in [1.29, 1.82) is 0 Å². The Hall–Kier alpha value is -1.83. The maximum absolute atomic E-state index is 12.3. The van der Waals surface area contributed by atoms with E-state index in [1.807, 2.05) is 13.8 Å². The van der Waals surface area contributed by atoms with Gasteiger partial charge < -0.3 is 20.6 Å². The molecule has 0 radical (unpaired) electrons. The molecule has 140 valence electrons. The Morgan fingerprint density at radius 3 is 2.08 bits per heavy atom. The van der Waals surface area contributed by atoms with Crippen molar-refractivity contribution in [1.82, 2.24) is 10.4 Å². The lowest BCUT2D eigenvalue weighted by atomic mass is 10.1. The predicted octanol–water partition coefficient (Wildman–Crippen LogP) is 1.58. The molecule has 1 atom stereocenters. The van der Waals surface area contributed by atoms with E-state index in [1.165, 1.54) is 0 Å². The van der Waals surface area contributed by atoms with Crippen LogP contribution in [0.3, 0.4) is 0 Å². The van der Waals surface area contributed by atoms with Gasteiger partial charge in [0.15, 0.2) is 0 Å². The van der Waals surface area contributed by atoms with Gasteiger partial charge in [-0.25, -0.2) is 9.59 Å². The number of hydroxylamine groups is 2. The first-order chi connectivity index (χ1) is 11.1. The van der Waals surface area contributed by atoms with Crippen LogP contribution in [0.1, 0.15) is 53.9 Å². The Bertz CT molecular complexity index is 414. The van der Waals surface area contributed by atoms with Crippen molar-refractivity contribution >= 4 is 18.0 Å². The van der Waals surface area contributed by atoms with Crippen molar-refractivity contribution in [2.24, 2.45) is 11.7 Å². The van der Waals surface area contributed by atoms with Crippen molar-refractivity contribution < 1.29 is 24.0 Å². The molecule has 3 N–H and O–H groups in total. The molecule has 0 spiro atoms. The van der Waals surface area contributed by atoms with Gasteiger partial charge in [-0.2, -0.15) is 0 Å². The van der Waals surface area contributed by atoms with Crippen molar-refractivity contribution in [3.8, 4) is 0 Å². The van der Waals surface area contributed by atoms with Crippen LogP contribution in [0.5, 0.6) is 0 Å². The number of carbonyl (C=O) groups excluding carboxylic acids is 3. The molecule has 0 aliphatic carbocycles. The third kappa shape index (κ3) is 10.8. The zero-order chi connectivity index (χ0) is 18.8. The first-order valence-electron chi connectivity index (χ1n) is 8.30. The fourth-order valence-electron chi connectivity index (χ4n) is 1.91. The molecule has 0 aliphatic rings. The van der Waals surface area contributed by atoms with E-state index in [0.717, 1.165) is 12.8 Å². The fourth-order valence-corrected chi connectivity index (χ4v) is 1.91. The molecule has 0 saturated heterocycles. The molecule has 2 amide bonds. The summed E-state index contributed by atoms with van der Waals surface area (Å²) >= 11 is 0. The highest BCUT2D eigenvalue weighted by Crippen LogP contribution is 2.10. The molecular formula is C16H31N3O5. The molecule has 8 nitrogen and oxygen atoms in total. The van der Waals surface area contributed by atoms with Crippen LogP contribution in [0.4, 0.5) is 4.79 Å². The number of nitrogens with one attached hydrogen (secondary N) is 1. The number of rotatable bonds is 10. The number of ether oxygens (including phenoxy) is 1. The van der Waals surface area contributed by atoms with Crippen molar-refractivity contribution in [2.45, 2.75) is 59.5 Å². The van der Waals surface area contributed by atoms with Crippen LogP contribution in [0.15, 0.2) is 0 Å². The highest BCUT2D eigenvalue weighted by Gasteiger charge is 2.26. The second kappa shape index (κ2) is 10.9. The van der Waals surface area contributed by atoms with Crippen LogP contribution < -0.4 is 11.1 Å². The van der Waals surface area contributed by atoms with Crippen LogP contribution in [-0.4, -0.2) is 48.3 Å². The van der Waals surface area contributed by atoms with Crippen LogP contribution in [0.25, 0.3) is 0 Å². The van der Waals surface area contributed by atoms with Gasteiger partial charge in [-0.3, -0.25) is 4.79 Å². The van der Waals surface area contributed by atoms with E-state index in [4.69, 9.17) is 15.3 Å². The van der Waals surface area contributed by atoms with Gasteiger partial charge in [0.1, 0.15) is 5.60 Å². The maximum atomic E-state index is 12.3. The molecule has 24 heavy (non-hydrogen) atoms. The number of primary amides is 1. The van der Waals surface area contributed by atoms with Gasteiger partial charge in [-0.05, 0) is 33.6 Å². The first kappa shape index (κ1) is 22.2. The van der Waals surface area contributed by atoms with Crippen LogP contribution in [0, 0.1) is 5.92 Å². The molecule has 0 aromatic rings. The van der Waals surface area contributed by atoms with E-state index in [-0.39, 0.29) is 13.0 Å². The van der Waals surface area contributed by atoms with E-state index in [1.54, 1.807) is 25.8 Å². The van der Waals surface area contributed by atoms with Gasteiger partial charge in [0, 0.05) is 26.1 Å². The summed E-state index contributed by atoms with van der Waals surface area (Å²) in [4.78, 5) is 40.5. The lowest BCUT2D eigenvalue weighted by Gasteiger charge is -2.24. The predicted molar refractivity (Wildman–Crippen MR) is 89.8 cm³/mol.